The van der Waals surface area contributed by atoms with Gasteiger partial charge in [0.1, 0.15) is 4.88 Å². The number of fused-ring (bicyclic) bond motifs is 1. The van der Waals surface area contributed by atoms with Crippen LogP contribution in [0.4, 0.5) is 0 Å². The highest BCUT2D eigenvalue weighted by Crippen LogP contribution is 2.30. The monoisotopic (exact) mass is 396 g/mol. The van der Waals surface area contributed by atoms with Gasteiger partial charge in [0, 0.05) is 23.8 Å². The van der Waals surface area contributed by atoms with Gasteiger partial charge in [-0.25, -0.2) is 13.2 Å². The molecule has 0 bridgehead atoms. The predicted molar refractivity (Wildman–Crippen MR) is 103 cm³/mol. The van der Waals surface area contributed by atoms with E-state index in [4.69, 9.17) is 4.74 Å². The summed E-state index contributed by atoms with van der Waals surface area (Å²) in [6.07, 6.45) is 1.59. The number of sulfonamides is 1. The Kier molecular flexibility index (Phi) is 5.96. The molecule has 1 N–H and O–H groups in total. The van der Waals surface area contributed by atoms with Crippen LogP contribution < -0.4 is 5.32 Å². The predicted octanol–water partition coefficient (Wildman–Crippen LogP) is 2.84. The molecule has 8 heteroatoms. The summed E-state index contributed by atoms with van der Waals surface area (Å²) in [6.45, 7) is 6.09. The standard InChI is InChI=1S/C18H24N2O4S2/c1-3-9-20(14-7-8-19-12-14)26(22,23)15-5-6-16-13(10-15)11-17(25-16)18(21)24-4-2/h5-6,10-11,14,19H,3-4,7-9,12H2,1-2H3. The number of hydrogen-bond acceptors (Lipinski definition) is 6. The van der Waals surface area contributed by atoms with Gasteiger partial charge < -0.3 is 10.1 Å². The molecule has 1 aromatic carbocycles. The third kappa shape index (κ3) is 3.78. The number of hydrogen-bond donors (Lipinski definition) is 1. The fraction of sp³-hybridized carbons (Fsp3) is 0.500. The Balaban J connectivity index is 1.95. The van der Waals surface area contributed by atoms with Gasteiger partial charge in [-0.05, 0) is 56.0 Å². The molecule has 1 aliphatic rings. The lowest BCUT2D eigenvalue weighted by atomic mass is 10.2. The molecule has 142 valence electrons. The molecule has 6 nitrogen and oxygen atoms in total. The molecule has 0 saturated carbocycles. The summed E-state index contributed by atoms with van der Waals surface area (Å²) in [5.74, 6) is -0.372. The van der Waals surface area contributed by atoms with E-state index >= 15 is 0 Å². The minimum Gasteiger partial charge on any atom is -0.462 e. The largest absolute Gasteiger partial charge is 0.462 e. The lowest BCUT2D eigenvalue weighted by molar-refractivity contribution is 0.0532. The van der Waals surface area contributed by atoms with Crippen LogP contribution in [-0.2, 0) is 14.8 Å². The molecule has 2 heterocycles. The van der Waals surface area contributed by atoms with Crippen LogP contribution in [0.1, 0.15) is 36.4 Å². The van der Waals surface area contributed by atoms with Crippen molar-refractivity contribution in [3.05, 3.63) is 29.1 Å². The SMILES string of the molecule is CCCN(C1CCNC1)S(=O)(=O)c1ccc2sc(C(=O)OCC)cc2c1. The maximum atomic E-state index is 13.2. The minimum atomic E-state index is -3.58. The van der Waals surface area contributed by atoms with Crippen LogP contribution >= 0.6 is 11.3 Å². The normalized spacial score (nSPS) is 17.9. The average molecular weight is 397 g/mol. The zero-order chi connectivity index (χ0) is 18.7. The maximum absolute atomic E-state index is 13.2. The highest BCUT2D eigenvalue weighted by molar-refractivity contribution is 7.89. The van der Waals surface area contributed by atoms with E-state index in [2.05, 4.69) is 5.32 Å². The summed E-state index contributed by atoms with van der Waals surface area (Å²) < 4.78 is 33.9. The van der Waals surface area contributed by atoms with Crippen molar-refractivity contribution < 1.29 is 17.9 Å². The number of carbonyl (C=O) groups is 1. The number of carbonyl (C=O) groups excluding carboxylic acids is 1. The first-order valence-electron chi connectivity index (χ1n) is 8.90. The molecule has 0 aliphatic carbocycles. The van der Waals surface area contributed by atoms with E-state index in [0.717, 1.165) is 29.5 Å². The van der Waals surface area contributed by atoms with Crippen LogP contribution in [0, 0.1) is 0 Å². The van der Waals surface area contributed by atoms with Gasteiger partial charge in [-0.15, -0.1) is 11.3 Å². The van der Waals surface area contributed by atoms with E-state index in [-0.39, 0.29) is 16.9 Å². The smallest absolute Gasteiger partial charge is 0.348 e. The van der Waals surface area contributed by atoms with Crippen molar-refractivity contribution in [3.8, 4) is 0 Å². The van der Waals surface area contributed by atoms with Crippen LogP contribution in [0.3, 0.4) is 0 Å². The second-order valence-electron chi connectivity index (χ2n) is 6.29. The molecule has 1 atom stereocenters. The summed E-state index contributed by atoms with van der Waals surface area (Å²) in [6, 6.07) is 6.77. The number of nitrogens with zero attached hydrogens (tertiary/aromatic N) is 1. The quantitative estimate of drug-likeness (QED) is 0.729. The van der Waals surface area contributed by atoms with Crippen molar-refractivity contribution >= 4 is 37.4 Å². The number of thiophene rings is 1. The van der Waals surface area contributed by atoms with Crippen LogP contribution in [-0.4, -0.2) is 51.0 Å². The molecule has 26 heavy (non-hydrogen) atoms. The van der Waals surface area contributed by atoms with Gasteiger partial charge in [-0.1, -0.05) is 6.92 Å². The number of nitrogens with one attached hydrogen (secondary N) is 1. The molecule has 1 saturated heterocycles. The second kappa shape index (κ2) is 8.04. The van der Waals surface area contributed by atoms with Crippen LogP contribution in [0.5, 0.6) is 0 Å². The van der Waals surface area contributed by atoms with Gasteiger partial charge >= 0.3 is 5.97 Å². The van der Waals surface area contributed by atoms with E-state index in [9.17, 15) is 13.2 Å². The summed E-state index contributed by atoms with van der Waals surface area (Å²) in [7, 11) is -3.58. The lowest BCUT2D eigenvalue weighted by Crippen LogP contribution is -2.41. The maximum Gasteiger partial charge on any atom is 0.348 e. The molecule has 1 aliphatic heterocycles. The first kappa shape index (κ1) is 19.3. The molecule has 2 aromatic rings. The number of rotatable bonds is 7. The van der Waals surface area contributed by atoms with Crippen molar-refractivity contribution in [3.63, 3.8) is 0 Å². The Morgan fingerprint density at radius 2 is 2.15 bits per heavy atom. The van der Waals surface area contributed by atoms with Gasteiger partial charge in [0.15, 0.2) is 0 Å². The molecule has 3 rings (SSSR count). The Morgan fingerprint density at radius 3 is 2.81 bits per heavy atom. The highest BCUT2D eigenvalue weighted by Gasteiger charge is 2.32. The van der Waals surface area contributed by atoms with Crippen LogP contribution in [0.15, 0.2) is 29.2 Å². The van der Waals surface area contributed by atoms with E-state index in [1.165, 1.54) is 11.3 Å². The van der Waals surface area contributed by atoms with Crippen LogP contribution in [0.25, 0.3) is 10.1 Å². The third-order valence-corrected chi connectivity index (χ3v) is 7.50. The van der Waals surface area contributed by atoms with Crippen molar-refractivity contribution in [2.24, 2.45) is 0 Å². The molecule has 0 amide bonds. The van der Waals surface area contributed by atoms with Gasteiger partial charge in [0.25, 0.3) is 0 Å². The molecule has 1 unspecified atom stereocenters. The van der Waals surface area contributed by atoms with Gasteiger partial charge in [0.2, 0.25) is 10.0 Å². The molecule has 1 aromatic heterocycles. The van der Waals surface area contributed by atoms with Gasteiger partial charge in [-0.3, -0.25) is 0 Å². The Hall–Kier alpha value is -1.48. The summed E-state index contributed by atoms with van der Waals surface area (Å²) >= 11 is 1.32. The van der Waals surface area contributed by atoms with E-state index in [1.807, 2.05) is 6.92 Å². The van der Waals surface area contributed by atoms with Crippen molar-refractivity contribution in [2.75, 3.05) is 26.2 Å². The summed E-state index contributed by atoms with van der Waals surface area (Å²) in [4.78, 5) is 12.7. The molecular formula is C18H24N2O4S2. The molecular weight excluding hydrogens is 372 g/mol. The second-order valence-corrected chi connectivity index (χ2v) is 9.27. The molecule has 0 radical (unpaired) electrons. The first-order valence-corrected chi connectivity index (χ1v) is 11.2. The average Bonchev–Trinajstić information content (AvgIpc) is 3.28. The fourth-order valence-electron chi connectivity index (χ4n) is 3.22. The van der Waals surface area contributed by atoms with Crippen molar-refractivity contribution in [2.45, 2.75) is 37.6 Å². The van der Waals surface area contributed by atoms with Gasteiger partial charge in [0.05, 0.1) is 11.5 Å². The first-order chi connectivity index (χ1) is 12.5. The number of esters is 1. The Labute approximate surface area is 158 Å². The highest BCUT2D eigenvalue weighted by atomic mass is 32.2. The number of benzene rings is 1. The molecule has 0 spiro atoms. The van der Waals surface area contributed by atoms with Gasteiger partial charge in [-0.2, -0.15) is 4.31 Å². The topological polar surface area (TPSA) is 75.7 Å². The fourth-order valence-corrected chi connectivity index (χ4v) is 5.94. The van der Waals surface area contributed by atoms with Crippen molar-refractivity contribution in [1.29, 1.82) is 0 Å². The van der Waals surface area contributed by atoms with Crippen LogP contribution in [0.2, 0.25) is 0 Å². The zero-order valence-corrected chi connectivity index (χ0v) is 16.7. The summed E-state index contributed by atoms with van der Waals surface area (Å²) in [5, 5.41) is 3.99. The summed E-state index contributed by atoms with van der Waals surface area (Å²) in [5.41, 5.74) is 0. The Morgan fingerprint density at radius 1 is 1.35 bits per heavy atom. The zero-order valence-electron chi connectivity index (χ0n) is 15.0. The van der Waals surface area contributed by atoms with E-state index in [0.29, 0.717) is 24.6 Å². The third-order valence-electron chi connectivity index (χ3n) is 4.46. The number of ether oxygens (including phenoxy) is 1. The molecule has 1 fully saturated rings. The Bertz CT molecular complexity index is 886. The van der Waals surface area contributed by atoms with E-state index < -0.39 is 10.0 Å². The minimum absolute atomic E-state index is 0.00628. The lowest BCUT2D eigenvalue weighted by Gasteiger charge is -2.27. The van der Waals surface area contributed by atoms with E-state index in [1.54, 1.807) is 35.5 Å². The van der Waals surface area contributed by atoms with Crippen molar-refractivity contribution in [1.82, 2.24) is 9.62 Å².